The van der Waals surface area contributed by atoms with Crippen molar-refractivity contribution in [3.05, 3.63) is 33.6 Å². The molecule has 118 valence electrons. The quantitative estimate of drug-likeness (QED) is 0.671. The second kappa shape index (κ2) is 6.71. The molecule has 0 saturated heterocycles. The van der Waals surface area contributed by atoms with Crippen LogP contribution < -0.4 is 11.3 Å². The Bertz CT molecular complexity index is 773. The molecule has 1 amide bonds. The van der Waals surface area contributed by atoms with Crippen LogP contribution in [-0.2, 0) is 11.3 Å². The summed E-state index contributed by atoms with van der Waals surface area (Å²) in [5.74, 6) is -0.175. The molecule has 0 aliphatic rings. The maximum atomic E-state index is 12.7. The second-order valence-electron chi connectivity index (χ2n) is 5.53. The van der Waals surface area contributed by atoms with Gasteiger partial charge in [-0.05, 0) is 31.0 Å². The number of aromatic nitrogens is 2. The molecule has 0 aliphatic heterocycles. The van der Waals surface area contributed by atoms with Crippen molar-refractivity contribution in [1.82, 2.24) is 9.55 Å². The van der Waals surface area contributed by atoms with Crippen molar-refractivity contribution < 1.29 is 4.79 Å². The summed E-state index contributed by atoms with van der Waals surface area (Å²) in [5.41, 5.74) is 5.72. The van der Waals surface area contributed by atoms with Crippen molar-refractivity contribution >= 4 is 40.2 Å². The average Bonchev–Trinajstić information content (AvgIpc) is 2.43. The highest BCUT2D eigenvalue weighted by molar-refractivity contribution is 8.00. The van der Waals surface area contributed by atoms with Crippen molar-refractivity contribution in [2.75, 3.05) is 0 Å². The van der Waals surface area contributed by atoms with Gasteiger partial charge in [0.15, 0.2) is 5.16 Å². The molecule has 5 nitrogen and oxygen atoms in total. The predicted molar refractivity (Wildman–Crippen MR) is 90.4 cm³/mol. The molecule has 1 aromatic heterocycles. The lowest BCUT2D eigenvalue weighted by molar-refractivity contribution is -0.117. The molecule has 1 heterocycles. The lowest BCUT2D eigenvalue weighted by atomic mass is 10.2. The number of nitrogens with two attached hydrogens (primary N) is 1. The predicted octanol–water partition coefficient (Wildman–Crippen LogP) is 2.67. The lowest BCUT2D eigenvalue weighted by Crippen LogP contribution is -2.28. The van der Waals surface area contributed by atoms with E-state index in [1.54, 1.807) is 29.7 Å². The Kier molecular flexibility index (Phi) is 5.13. The van der Waals surface area contributed by atoms with Crippen LogP contribution in [0.15, 0.2) is 28.2 Å². The normalized spacial score (nSPS) is 12.8. The van der Waals surface area contributed by atoms with Gasteiger partial charge in [-0.15, -0.1) is 0 Å². The van der Waals surface area contributed by atoms with Gasteiger partial charge in [0.2, 0.25) is 5.91 Å². The first-order valence-electron chi connectivity index (χ1n) is 6.95. The minimum atomic E-state index is -0.463. The summed E-state index contributed by atoms with van der Waals surface area (Å²) < 4.78 is 1.59. The van der Waals surface area contributed by atoms with Crippen molar-refractivity contribution in [2.24, 2.45) is 11.7 Å². The van der Waals surface area contributed by atoms with Crippen LogP contribution >= 0.6 is 23.4 Å². The van der Waals surface area contributed by atoms with Gasteiger partial charge in [-0.3, -0.25) is 14.2 Å². The number of fused-ring (bicyclic) bond motifs is 1. The average molecular weight is 340 g/mol. The van der Waals surface area contributed by atoms with Gasteiger partial charge in [-0.1, -0.05) is 37.2 Å². The molecule has 22 heavy (non-hydrogen) atoms. The van der Waals surface area contributed by atoms with Gasteiger partial charge >= 0.3 is 0 Å². The minimum absolute atomic E-state index is 0.152. The first-order valence-corrected chi connectivity index (χ1v) is 8.21. The van der Waals surface area contributed by atoms with E-state index in [2.05, 4.69) is 4.98 Å². The number of halogens is 1. The Labute approximate surface area is 137 Å². The smallest absolute Gasteiger partial charge is 0.262 e. The molecule has 2 rings (SSSR count). The molecule has 1 atom stereocenters. The number of hydrogen-bond donors (Lipinski definition) is 1. The Morgan fingerprint density at radius 2 is 2.09 bits per heavy atom. The van der Waals surface area contributed by atoms with E-state index in [1.807, 2.05) is 13.8 Å². The van der Waals surface area contributed by atoms with Crippen LogP contribution in [0, 0.1) is 5.92 Å². The van der Waals surface area contributed by atoms with Gasteiger partial charge < -0.3 is 5.73 Å². The van der Waals surface area contributed by atoms with Crippen LogP contribution in [0.1, 0.15) is 20.8 Å². The molecule has 0 fully saturated rings. The Hall–Kier alpha value is -1.53. The molecule has 2 aromatic rings. The highest BCUT2D eigenvalue weighted by atomic mass is 35.5. The van der Waals surface area contributed by atoms with Gasteiger partial charge in [0.25, 0.3) is 5.56 Å². The van der Waals surface area contributed by atoms with E-state index in [4.69, 9.17) is 17.3 Å². The minimum Gasteiger partial charge on any atom is -0.369 e. The first-order chi connectivity index (χ1) is 10.3. The first kappa shape index (κ1) is 16.8. The lowest BCUT2D eigenvalue weighted by Gasteiger charge is -2.16. The zero-order valence-electron chi connectivity index (χ0n) is 12.7. The summed E-state index contributed by atoms with van der Waals surface area (Å²) in [6.45, 7) is 6.24. The Balaban J connectivity index is 2.64. The Morgan fingerprint density at radius 3 is 2.68 bits per heavy atom. The fourth-order valence-electron chi connectivity index (χ4n) is 2.01. The monoisotopic (exact) mass is 339 g/mol. The van der Waals surface area contributed by atoms with Gasteiger partial charge in [0.1, 0.15) is 0 Å². The standard InChI is InChI=1S/C15H18ClN3O2S/c1-8(2)7-19-14(21)11-6-10(16)4-5-12(11)18-15(19)22-9(3)13(17)20/h4-6,8-9H,7H2,1-3H3,(H2,17,20)/t9-/m1/s1. The summed E-state index contributed by atoms with van der Waals surface area (Å²) >= 11 is 7.17. The van der Waals surface area contributed by atoms with Crippen molar-refractivity contribution in [3.63, 3.8) is 0 Å². The molecule has 0 spiro atoms. The molecule has 1 aromatic carbocycles. The van der Waals surface area contributed by atoms with Crippen LogP contribution in [0.25, 0.3) is 10.9 Å². The van der Waals surface area contributed by atoms with Crippen molar-refractivity contribution in [3.8, 4) is 0 Å². The van der Waals surface area contributed by atoms with E-state index in [-0.39, 0.29) is 11.5 Å². The van der Waals surface area contributed by atoms with Gasteiger partial charge in [0, 0.05) is 11.6 Å². The molecule has 7 heteroatoms. The van der Waals surface area contributed by atoms with E-state index in [0.717, 1.165) is 0 Å². The molecular formula is C15H18ClN3O2S. The number of amides is 1. The zero-order valence-corrected chi connectivity index (χ0v) is 14.2. The third kappa shape index (κ3) is 3.62. The Morgan fingerprint density at radius 1 is 1.41 bits per heavy atom. The second-order valence-corrected chi connectivity index (χ2v) is 7.27. The molecule has 0 aliphatic carbocycles. The van der Waals surface area contributed by atoms with E-state index in [1.165, 1.54) is 11.8 Å². The number of carbonyl (C=O) groups excluding carboxylic acids is 1. The largest absolute Gasteiger partial charge is 0.369 e. The summed E-state index contributed by atoms with van der Waals surface area (Å²) in [4.78, 5) is 28.5. The van der Waals surface area contributed by atoms with Crippen molar-refractivity contribution in [2.45, 2.75) is 37.7 Å². The van der Waals surface area contributed by atoms with Crippen LogP contribution in [0.3, 0.4) is 0 Å². The summed E-state index contributed by atoms with van der Waals surface area (Å²) in [7, 11) is 0. The number of nitrogens with zero attached hydrogens (tertiary/aromatic N) is 2. The third-order valence-corrected chi connectivity index (χ3v) is 4.46. The van der Waals surface area contributed by atoms with Gasteiger partial charge in [0.05, 0.1) is 16.2 Å². The number of hydrogen-bond acceptors (Lipinski definition) is 4. The van der Waals surface area contributed by atoms with Crippen LogP contribution in [0.2, 0.25) is 5.02 Å². The number of benzene rings is 1. The molecule has 0 unspecified atom stereocenters. The van der Waals surface area contributed by atoms with Crippen LogP contribution in [0.5, 0.6) is 0 Å². The fraction of sp³-hybridized carbons (Fsp3) is 0.400. The molecule has 0 bridgehead atoms. The number of carbonyl (C=O) groups is 1. The molecular weight excluding hydrogens is 322 g/mol. The van der Waals surface area contributed by atoms with Gasteiger partial charge in [-0.2, -0.15) is 0 Å². The SMILES string of the molecule is CC(C)Cn1c(S[C@H](C)C(N)=O)nc2ccc(Cl)cc2c1=O. The highest BCUT2D eigenvalue weighted by Gasteiger charge is 2.18. The van der Waals surface area contributed by atoms with Crippen molar-refractivity contribution in [1.29, 1.82) is 0 Å². The summed E-state index contributed by atoms with van der Waals surface area (Å²) in [6, 6.07) is 5.02. The highest BCUT2D eigenvalue weighted by Crippen LogP contribution is 2.24. The molecule has 2 N–H and O–H groups in total. The third-order valence-electron chi connectivity index (χ3n) is 3.11. The van der Waals surface area contributed by atoms with E-state index < -0.39 is 11.2 Å². The zero-order chi connectivity index (χ0) is 16.4. The molecule has 0 saturated carbocycles. The van der Waals surface area contributed by atoms with E-state index >= 15 is 0 Å². The van der Waals surface area contributed by atoms with Crippen LogP contribution in [-0.4, -0.2) is 20.7 Å². The van der Waals surface area contributed by atoms with Crippen LogP contribution in [0.4, 0.5) is 0 Å². The number of thioether (sulfide) groups is 1. The fourth-order valence-corrected chi connectivity index (χ4v) is 3.05. The molecule has 0 radical (unpaired) electrons. The number of primary amides is 1. The summed E-state index contributed by atoms with van der Waals surface area (Å²) in [5, 5.41) is 1.01. The van der Waals surface area contributed by atoms with E-state index in [9.17, 15) is 9.59 Å². The maximum absolute atomic E-state index is 12.7. The summed E-state index contributed by atoms with van der Waals surface area (Å²) in [6.07, 6.45) is 0. The topological polar surface area (TPSA) is 78.0 Å². The van der Waals surface area contributed by atoms with Gasteiger partial charge in [-0.25, -0.2) is 4.98 Å². The number of rotatable bonds is 5. The van der Waals surface area contributed by atoms with E-state index in [0.29, 0.717) is 27.6 Å². The maximum Gasteiger partial charge on any atom is 0.262 e.